The second kappa shape index (κ2) is 6.97. The van der Waals surface area contributed by atoms with Gasteiger partial charge in [0.1, 0.15) is 5.69 Å². The van der Waals surface area contributed by atoms with Gasteiger partial charge in [-0.15, -0.1) is 0 Å². The lowest BCUT2D eigenvalue weighted by Crippen LogP contribution is -2.28. The van der Waals surface area contributed by atoms with E-state index in [9.17, 15) is 4.79 Å². The van der Waals surface area contributed by atoms with Crippen LogP contribution >= 0.6 is 0 Å². The summed E-state index contributed by atoms with van der Waals surface area (Å²) in [5.41, 5.74) is 1.89. The highest BCUT2D eigenvalue weighted by Gasteiger charge is 2.17. The Morgan fingerprint density at radius 3 is 3.05 bits per heavy atom. The number of hydrogen-bond acceptors (Lipinski definition) is 2. The summed E-state index contributed by atoms with van der Waals surface area (Å²) in [5, 5.41) is 4.17. The van der Waals surface area contributed by atoms with Gasteiger partial charge in [0.05, 0.1) is 6.10 Å². The Kier molecular flexibility index (Phi) is 4.78. The molecule has 1 N–H and O–H groups in total. The van der Waals surface area contributed by atoms with Crippen molar-refractivity contribution < 1.29 is 9.53 Å². The van der Waals surface area contributed by atoms with Gasteiger partial charge >= 0.3 is 0 Å². The molecule has 22 heavy (non-hydrogen) atoms. The minimum Gasteiger partial charge on any atom is -0.378 e. The number of benzene rings is 1. The molecule has 1 aliphatic heterocycles. The Bertz CT molecular complexity index is 642. The zero-order chi connectivity index (χ0) is 15.4. The van der Waals surface area contributed by atoms with E-state index in [2.05, 4.69) is 28.9 Å². The lowest BCUT2D eigenvalue weighted by Gasteiger charge is -2.12. The lowest BCUT2D eigenvalue weighted by atomic mass is 10.2. The van der Waals surface area contributed by atoms with Crippen molar-refractivity contribution in [2.24, 2.45) is 0 Å². The van der Waals surface area contributed by atoms with Crippen LogP contribution in [0.15, 0.2) is 30.3 Å². The van der Waals surface area contributed by atoms with Crippen LogP contribution in [0, 0.1) is 0 Å². The van der Waals surface area contributed by atoms with E-state index in [0.29, 0.717) is 12.6 Å². The minimum atomic E-state index is 0.0163. The van der Waals surface area contributed by atoms with E-state index < -0.39 is 0 Å². The van der Waals surface area contributed by atoms with Gasteiger partial charge in [-0.1, -0.05) is 25.1 Å². The first-order valence-electron chi connectivity index (χ1n) is 8.27. The van der Waals surface area contributed by atoms with Gasteiger partial charge in [0, 0.05) is 30.6 Å². The number of fused-ring (bicyclic) bond motifs is 1. The second-order valence-electron chi connectivity index (χ2n) is 5.92. The summed E-state index contributed by atoms with van der Waals surface area (Å²) in [7, 11) is 0. The Hall–Kier alpha value is -1.81. The van der Waals surface area contributed by atoms with Crippen molar-refractivity contribution in [3.8, 4) is 0 Å². The van der Waals surface area contributed by atoms with E-state index in [1.807, 2.05) is 18.2 Å². The monoisotopic (exact) mass is 300 g/mol. The first-order valence-corrected chi connectivity index (χ1v) is 8.27. The number of aromatic nitrogens is 1. The van der Waals surface area contributed by atoms with Gasteiger partial charge in [-0.25, -0.2) is 0 Å². The smallest absolute Gasteiger partial charge is 0.267 e. The van der Waals surface area contributed by atoms with E-state index in [0.717, 1.165) is 55.4 Å². The quantitative estimate of drug-likeness (QED) is 0.889. The molecule has 3 rings (SSSR count). The number of ether oxygens (including phenoxy) is 1. The van der Waals surface area contributed by atoms with Crippen molar-refractivity contribution in [3.63, 3.8) is 0 Å². The molecule has 4 heteroatoms. The van der Waals surface area contributed by atoms with E-state index in [4.69, 9.17) is 4.74 Å². The average molecular weight is 300 g/mol. The van der Waals surface area contributed by atoms with Crippen molar-refractivity contribution in [1.29, 1.82) is 0 Å². The largest absolute Gasteiger partial charge is 0.378 e. The molecular formula is C18H24N2O2. The Balaban J connectivity index is 1.70. The molecule has 2 heterocycles. The summed E-state index contributed by atoms with van der Waals surface area (Å²) in [6.07, 6.45) is 4.49. The van der Waals surface area contributed by atoms with Gasteiger partial charge in [0.25, 0.3) is 5.91 Å². The molecule has 1 aromatic carbocycles. The van der Waals surface area contributed by atoms with E-state index >= 15 is 0 Å². The van der Waals surface area contributed by atoms with Crippen LogP contribution in [-0.4, -0.2) is 29.7 Å². The van der Waals surface area contributed by atoms with Crippen molar-refractivity contribution >= 4 is 16.8 Å². The lowest BCUT2D eigenvalue weighted by molar-refractivity contribution is 0.0900. The Morgan fingerprint density at radius 1 is 1.41 bits per heavy atom. The van der Waals surface area contributed by atoms with E-state index in [-0.39, 0.29) is 5.91 Å². The predicted molar refractivity (Wildman–Crippen MR) is 88.2 cm³/mol. The number of nitrogens with zero attached hydrogens (tertiary/aromatic N) is 1. The van der Waals surface area contributed by atoms with Gasteiger partial charge in [-0.05, 0) is 37.8 Å². The summed E-state index contributed by atoms with van der Waals surface area (Å²) < 4.78 is 7.72. The zero-order valence-corrected chi connectivity index (χ0v) is 13.2. The van der Waals surface area contributed by atoms with Crippen molar-refractivity contribution in [3.05, 3.63) is 36.0 Å². The topological polar surface area (TPSA) is 43.3 Å². The molecule has 1 unspecified atom stereocenters. The van der Waals surface area contributed by atoms with Crippen molar-refractivity contribution in [2.45, 2.75) is 45.3 Å². The number of hydrogen-bond donors (Lipinski definition) is 1. The molecule has 4 nitrogen and oxygen atoms in total. The molecule has 1 aromatic heterocycles. The summed E-state index contributed by atoms with van der Waals surface area (Å²) in [6, 6.07) is 10.2. The molecule has 0 saturated carbocycles. The summed E-state index contributed by atoms with van der Waals surface area (Å²) >= 11 is 0. The minimum absolute atomic E-state index is 0.0163. The van der Waals surface area contributed by atoms with Crippen LogP contribution in [0.3, 0.4) is 0 Å². The third-order valence-corrected chi connectivity index (χ3v) is 4.27. The average Bonchev–Trinajstić information content (AvgIpc) is 3.16. The first kappa shape index (κ1) is 15.1. The van der Waals surface area contributed by atoms with Crippen LogP contribution in [0.4, 0.5) is 0 Å². The van der Waals surface area contributed by atoms with E-state index in [1.54, 1.807) is 0 Å². The molecule has 0 aliphatic carbocycles. The third-order valence-electron chi connectivity index (χ3n) is 4.27. The number of carbonyl (C=O) groups excluding carboxylic acids is 1. The first-order chi connectivity index (χ1) is 10.8. The maximum absolute atomic E-state index is 12.5. The molecule has 1 saturated heterocycles. The number of carbonyl (C=O) groups is 1. The van der Waals surface area contributed by atoms with Gasteiger partial charge in [0.15, 0.2) is 0 Å². The third kappa shape index (κ3) is 3.17. The van der Waals surface area contributed by atoms with Crippen LogP contribution in [0.25, 0.3) is 10.9 Å². The highest BCUT2D eigenvalue weighted by molar-refractivity contribution is 5.98. The summed E-state index contributed by atoms with van der Waals surface area (Å²) in [6.45, 7) is 4.54. The SMILES string of the molecule is CCCn1c(C(=O)NCCC2CCCO2)cc2ccccc21. The predicted octanol–water partition coefficient (Wildman–Crippen LogP) is 3.35. The summed E-state index contributed by atoms with van der Waals surface area (Å²) in [5.74, 6) is 0.0163. The van der Waals surface area contributed by atoms with Crippen molar-refractivity contribution in [2.75, 3.05) is 13.2 Å². The number of rotatable bonds is 6. The van der Waals surface area contributed by atoms with Crippen LogP contribution < -0.4 is 5.32 Å². The van der Waals surface area contributed by atoms with Gasteiger partial charge in [-0.3, -0.25) is 4.79 Å². The van der Waals surface area contributed by atoms with Crippen LogP contribution in [0.5, 0.6) is 0 Å². The maximum atomic E-state index is 12.5. The molecule has 0 radical (unpaired) electrons. The molecule has 0 bridgehead atoms. The molecule has 1 fully saturated rings. The van der Waals surface area contributed by atoms with Crippen LogP contribution in [0.1, 0.15) is 43.1 Å². The number of amides is 1. The Labute approximate surface area is 131 Å². The number of nitrogens with one attached hydrogen (secondary N) is 1. The standard InChI is InChI=1S/C18H24N2O2/c1-2-11-20-16-8-4-3-6-14(16)13-17(20)18(21)19-10-9-15-7-5-12-22-15/h3-4,6,8,13,15H,2,5,7,9-12H2,1H3,(H,19,21). The zero-order valence-electron chi connectivity index (χ0n) is 13.2. The number of aryl methyl sites for hydroxylation is 1. The molecule has 2 aromatic rings. The number of para-hydroxylation sites is 1. The molecule has 1 amide bonds. The fraction of sp³-hybridized carbons (Fsp3) is 0.500. The van der Waals surface area contributed by atoms with Gasteiger partial charge in [0.2, 0.25) is 0 Å². The molecule has 1 aliphatic rings. The summed E-state index contributed by atoms with van der Waals surface area (Å²) in [4.78, 5) is 12.5. The second-order valence-corrected chi connectivity index (χ2v) is 5.92. The highest BCUT2D eigenvalue weighted by Crippen LogP contribution is 2.20. The normalized spacial score (nSPS) is 18.0. The molecule has 118 valence electrons. The van der Waals surface area contributed by atoms with Crippen LogP contribution in [-0.2, 0) is 11.3 Å². The van der Waals surface area contributed by atoms with Crippen molar-refractivity contribution in [1.82, 2.24) is 9.88 Å². The maximum Gasteiger partial charge on any atom is 0.267 e. The van der Waals surface area contributed by atoms with Gasteiger partial charge < -0.3 is 14.6 Å². The highest BCUT2D eigenvalue weighted by atomic mass is 16.5. The fourth-order valence-corrected chi connectivity index (χ4v) is 3.17. The van der Waals surface area contributed by atoms with E-state index in [1.165, 1.54) is 0 Å². The molecule has 0 spiro atoms. The molecular weight excluding hydrogens is 276 g/mol. The molecule has 1 atom stereocenters. The Morgan fingerprint density at radius 2 is 2.27 bits per heavy atom. The fourth-order valence-electron chi connectivity index (χ4n) is 3.17. The van der Waals surface area contributed by atoms with Crippen LogP contribution in [0.2, 0.25) is 0 Å². The van der Waals surface area contributed by atoms with Gasteiger partial charge in [-0.2, -0.15) is 0 Å².